The second-order valence-corrected chi connectivity index (χ2v) is 4.35. The zero-order valence-corrected chi connectivity index (χ0v) is 10.3. The van der Waals surface area contributed by atoms with Crippen LogP contribution in [-0.4, -0.2) is 49.7 Å². The number of anilines is 1. The number of hydrogen-bond donors (Lipinski definition) is 2. The maximum absolute atomic E-state index is 11.9. The van der Waals surface area contributed by atoms with Gasteiger partial charge in [0.05, 0.1) is 19.8 Å². The number of carbonyl (C=O) groups excluding carboxylic acids is 1. The molecule has 98 valence electrons. The van der Waals surface area contributed by atoms with Crippen LogP contribution in [0.2, 0.25) is 0 Å². The summed E-state index contributed by atoms with van der Waals surface area (Å²) in [6, 6.07) is 9.59. The average molecular weight is 249 g/mol. The lowest BCUT2D eigenvalue weighted by Crippen LogP contribution is -2.51. The molecular formula is C13H19N3O2. The molecule has 1 aliphatic rings. The van der Waals surface area contributed by atoms with E-state index in [4.69, 9.17) is 10.5 Å². The van der Waals surface area contributed by atoms with Gasteiger partial charge in [-0.1, -0.05) is 18.2 Å². The minimum atomic E-state index is -0.0125. The summed E-state index contributed by atoms with van der Waals surface area (Å²) >= 11 is 0. The molecule has 0 saturated carbocycles. The molecule has 0 radical (unpaired) electrons. The van der Waals surface area contributed by atoms with E-state index in [-0.39, 0.29) is 11.9 Å². The zero-order chi connectivity index (χ0) is 12.8. The van der Waals surface area contributed by atoms with Crippen LogP contribution in [0.3, 0.4) is 0 Å². The minimum Gasteiger partial charge on any atom is -0.378 e. The lowest BCUT2D eigenvalue weighted by Gasteiger charge is -2.34. The third-order valence-corrected chi connectivity index (χ3v) is 3.03. The Balaban J connectivity index is 1.86. The molecule has 1 aromatic rings. The summed E-state index contributed by atoms with van der Waals surface area (Å²) in [5, 5.41) is 2.87. The van der Waals surface area contributed by atoms with Gasteiger partial charge in [0, 0.05) is 24.8 Å². The van der Waals surface area contributed by atoms with Crippen LogP contribution in [-0.2, 0) is 9.53 Å². The van der Waals surface area contributed by atoms with Crippen molar-refractivity contribution in [1.29, 1.82) is 0 Å². The molecule has 5 heteroatoms. The van der Waals surface area contributed by atoms with Gasteiger partial charge in [-0.15, -0.1) is 0 Å². The van der Waals surface area contributed by atoms with Crippen LogP contribution in [0, 0.1) is 0 Å². The summed E-state index contributed by atoms with van der Waals surface area (Å²) < 4.78 is 5.35. The van der Waals surface area contributed by atoms with E-state index in [0.717, 1.165) is 12.2 Å². The van der Waals surface area contributed by atoms with Crippen molar-refractivity contribution in [1.82, 2.24) is 4.90 Å². The van der Waals surface area contributed by atoms with Crippen molar-refractivity contribution in [2.75, 3.05) is 38.2 Å². The maximum atomic E-state index is 11.9. The number of hydrogen-bond acceptors (Lipinski definition) is 4. The SMILES string of the molecule is NCC1COCCN1CC(=O)Nc1ccccc1. The number of carbonyl (C=O) groups is 1. The molecule has 2 rings (SSSR count). The predicted octanol–water partition coefficient (Wildman–Crippen LogP) is 0.285. The molecule has 0 spiro atoms. The fourth-order valence-electron chi connectivity index (χ4n) is 2.02. The smallest absolute Gasteiger partial charge is 0.238 e. The van der Waals surface area contributed by atoms with Crippen molar-refractivity contribution in [3.63, 3.8) is 0 Å². The first-order chi connectivity index (χ1) is 8.79. The number of benzene rings is 1. The molecule has 0 aliphatic carbocycles. The van der Waals surface area contributed by atoms with E-state index in [9.17, 15) is 4.79 Å². The molecule has 0 aromatic heterocycles. The first-order valence-corrected chi connectivity index (χ1v) is 6.16. The molecule has 5 nitrogen and oxygen atoms in total. The van der Waals surface area contributed by atoms with E-state index in [1.54, 1.807) is 0 Å². The second-order valence-electron chi connectivity index (χ2n) is 4.35. The Bertz CT molecular complexity index is 383. The predicted molar refractivity (Wildman–Crippen MR) is 70.3 cm³/mol. The number of amides is 1. The molecule has 18 heavy (non-hydrogen) atoms. The highest BCUT2D eigenvalue weighted by atomic mass is 16.5. The number of nitrogens with two attached hydrogens (primary N) is 1. The van der Waals surface area contributed by atoms with Gasteiger partial charge in [0.1, 0.15) is 0 Å². The van der Waals surface area contributed by atoms with Crippen molar-refractivity contribution in [3.8, 4) is 0 Å². The third kappa shape index (κ3) is 3.53. The van der Waals surface area contributed by atoms with Crippen LogP contribution in [0.25, 0.3) is 0 Å². The van der Waals surface area contributed by atoms with E-state index >= 15 is 0 Å². The van der Waals surface area contributed by atoms with Crippen molar-refractivity contribution in [2.45, 2.75) is 6.04 Å². The fourth-order valence-corrected chi connectivity index (χ4v) is 2.02. The minimum absolute atomic E-state index is 0.0125. The molecule has 1 saturated heterocycles. The summed E-state index contributed by atoms with van der Waals surface area (Å²) in [7, 11) is 0. The molecular weight excluding hydrogens is 230 g/mol. The number of nitrogens with zero attached hydrogens (tertiary/aromatic N) is 1. The van der Waals surface area contributed by atoms with Crippen LogP contribution in [0.1, 0.15) is 0 Å². The van der Waals surface area contributed by atoms with Gasteiger partial charge in [-0.3, -0.25) is 9.69 Å². The van der Waals surface area contributed by atoms with Crippen LogP contribution < -0.4 is 11.1 Å². The zero-order valence-electron chi connectivity index (χ0n) is 10.3. The van der Waals surface area contributed by atoms with E-state index in [1.807, 2.05) is 30.3 Å². The summed E-state index contributed by atoms with van der Waals surface area (Å²) in [5.74, 6) is -0.0125. The quantitative estimate of drug-likeness (QED) is 0.804. The largest absolute Gasteiger partial charge is 0.378 e. The van der Waals surface area contributed by atoms with E-state index < -0.39 is 0 Å². The Morgan fingerprint density at radius 1 is 1.44 bits per heavy atom. The number of ether oxygens (including phenoxy) is 1. The van der Waals surface area contributed by atoms with Crippen LogP contribution in [0.15, 0.2) is 30.3 Å². The van der Waals surface area contributed by atoms with Crippen molar-refractivity contribution < 1.29 is 9.53 Å². The normalized spacial score (nSPS) is 20.6. The fraction of sp³-hybridized carbons (Fsp3) is 0.462. The number of para-hydroxylation sites is 1. The number of morpholine rings is 1. The van der Waals surface area contributed by atoms with Gasteiger partial charge in [-0.05, 0) is 12.1 Å². The molecule has 1 unspecified atom stereocenters. The number of rotatable bonds is 4. The Morgan fingerprint density at radius 2 is 2.22 bits per heavy atom. The summed E-state index contributed by atoms with van der Waals surface area (Å²) in [6.45, 7) is 2.90. The highest BCUT2D eigenvalue weighted by molar-refractivity contribution is 5.92. The maximum Gasteiger partial charge on any atom is 0.238 e. The van der Waals surface area contributed by atoms with Crippen LogP contribution in [0.4, 0.5) is 5.69 Å². The van der Waals surface area contributed by atoms with Gasteiger partial charge in [0.2, 0.25) is 5.91 Å². The molecule has 1 atom stereocenters. The van der Waals surface area contributed by atoms with E-state index in [2.05, 4.69) is 10.2 Å². The summed E-state index contributed by atoms with van der Waals surface area (Å²) in [4.78, 5) is 14.0. The van der Waals surface area contributed by atoms with Crippen molar-refractivity contribution in [3.05, 3.63) is 30.3 Å². The highest BCUT2D eigenvalue weighted by Crippen LogP contribution is 2.08. The van der Waals surface area contributed by atoms with Gasteiger partial charge in [-0.2, -0.15) is 0 Å². The monoisotopic (exact) mass is 249 g/mol. The first kappa shape index (κ1) is 13.0. The van der Waals surface area contributed by atoms with Crippen LogP contribution >= 0.6 is 0 Å². The van der Waals surface area contributed by atoms with Gasteiger partial charge in [-0.25, -0.2) is 0 Å². The third-order valence-electron chi connectivity index (χ3n) is 3.03. The Hall–Kier alpha value is -1.43. The van der Waals surface area contributed by atoms with Crippen molar-refractivity contribution in [2.24, 2.45) is 5.73 Å². The van der Waals surface area contributed by atoms with Gasteiger partial charge < -0.3 is 15.8 Å². The molecule has 3 N–H and O–H groups in total. The molecule has 1 fully saturated rings. The van der Waals surface area contributed by atoms with Crippen LogP contribution in [0.5, 0.6) is 0 Å². The van der Waals surface area contributed by atoms with E-state index in [0.29, 0.717) is 26.3 Å². The molecule has 1 amide bonds. The molecule has 1 aromatic carbocycles. The molecule has 1 heterocycles. The first-order valence-electron chi connectivity index (χ1n) is 6.16. The number of nitrogens with one attached hydrogen (secondary N) is 1. The molecule has 0 bridgehead atoms. The summed E-state index contributed by atoms with van der Waals surface area (Å²) in [5.41, 5.74) is 6.49. The highest BCUT2D eigenvalue weighted by Gasteiger charge is 2.23. The van der Waals surface area contributed by atoms with Crippen molar-refractivity contribution >= 4 is 11.6 Å². The van der Waals surface area contributed by atoms with Gasteiger partial charge >= 0.3 is 0 Å². The summed E-state index contributed by atoms with van der Waals surface area (Å²) in [6.07, 6.45) is 0. The Kier molecular flexibility index (Phi) is 4.69. The van der Waals surface area contributed by atoms with Gasteiger partial charge in [0.25, 0.3) is 0 Å². The molecule has 1 aliphatic heterocycles. The second kappa shape index (κ2) is 6.49. The lowest BCUT2D eigenvalue weighted by atomic mass is 10.2. The topological polar surface area (TPSA) is 67.6 Å². The Morgan fingerprint density at radius 3 is 2.94 bits per heavy atom. The van der Waals surface area contributed by atoms with E-state index in [1.165, 1.54) is 0 Å². The Labute approximate surface area is 107 Å². The lowest BCUT2D eigenvalue weighted by molar-refractivity contribution is -0.119. The standard InChI is InChI=1S/C13H19N3O2/c14-8-12-10-18-7-6-16(12)9-13(17)15-11-4-2-1-3-5-11/h1-5,12H,6-10,14H2,(H,15,17). The average Bonchev–Trinajstić information content (AvgIpc) is 2.40. The van der Waals surface area contributed by atoms with Gasteiger partial charge in [0.15, 0.2) is 0 Å².